The highest BCUT2D eigenvalue weighted by Crippen LogP contribution is 2.36. The van der Waals surface area contributed by atoms with Gasteiger partial charge in [0.2, 0.25) is 0 Å². The largest absolute Gasteiger partial charge is 0.493 e. The third-order valence-electron chi connectivity index (χ3n) is 4.78. The van der Waals surface area contributed by atoms with E-state index < -0.39 is 11.0 Å². The molecule has 0 aliphatic heterocycles. The molecule has 0 fully saturated rings. The van der Waals surface area contributed by atoms with Gasteiger partial charge in [0, 0.05) is 41.2 Å². The number of carbonyl (C=O) groups is 1. The molecule has 2 aromatic heterocycles. The molecule has 1 N–H and O–H groups in total. The van der Waals surface area contributed by atoms with Crippen molar-refractivity contribution in [3.05, 3.63) is 77.1 Å². The fourth-order valence-electron chi connectivity index (χ4n) is 3.33. The van der Waals surface area contributed by atoms with Crippen molar-refractivity contribution in [2.75, 3.05) is 19.5 Å². The smallest absolute Gasteiger partial charge is 0.331 e. The van der Waals surface area contributed by atoms with E-state index in [0.717, 1.165) is 16.5 Å². The van der Waals surface area contributed by atoms with Crippen LogP contribution in [-0.2, 0) is 0 Å². The second-order valence-corrected chi connectivity index (χ2v) is 6.59. The minimum absolute atomic E-state index is 0.112. The first-order valence-electron chi connectivity index (χ1n) is 9.26. The summed E-state index contributed by atoms with van der Waals surface area (Å²) >= 11 is 0. The van der Waals surface area contributed by atoms with Crippen LogP contribution in [-0.4, -0.2) is 34.7 Å². The lowest BCUT2D eigenvalue weighted by molar-refractivity contribution is -0.384. The number of fused-ring (bicyclic) bond motifs is 1. The number of hydrogen-bond donors (Lipinski definition) is 1. The number of nitrogens with zero attached hydrogens (tertiary/aromatic N) is 3. The van der Waals surface area contributed by atoms with Crippen molar-refractivity contribution in [1.29, 1.82) is 0 Å². The van der Waals surface area contributed by atoms with Crippen LogP contribution < -0.4 is 14.8 Å². The van der Waals surface area contributed by atoms with E-state index in [4.69, 9.17) is 9.47 Å². The number of anilines is 1. The molecular weight excluding hydrogens is 400 g/mol. The molecule has 0 spiro atoms. The SMILES string of the molecule is COc1ccc(-c2cn(C(=O)Nc3cccc([N+](=O)[O-])c3)c3ncccc23)cc1OC. The number of pyridine rings is 1. The maximum Gasteiger partial charge on any atom is 0.331 e. The summed E-state index contributed by atoms with van der Waals surface area (Å²) in [5.41, 5.74) is 2.25. The van der Waals surface area contributed by atoms with Crippen LogP contribution in [0.3, 0.4) is 0 Å². The molecule has 4 rings (SSSR count). The van der Waals surface area contributed by atoms with E-state index in [1.807, 2.05) is 18.2 Å². The number of rotatable bonds is 5. The van der Waals surface area contributed by atoms with Crippen LogP contribution >= 0.6 is 0 Å². The van der Waals surface area contributed by atoms with Crippen molar-refractivity contribution in [3.8, 4) is 22.6 Å². The molecule has 156 valence electrons. The molecule has 0 aliphatic rings. The Morgan fingerprint density at radius 3 is 2.61 bits per heavy atom. The molecule has 1 amide bonds. The van der Waals surface area contributed by atoms with Crippen LogP contribution in [0.15, 0.2) is 67.0 Å². The highest BCUT2D eigenvalue weighted by Gasteiger charge is 2.18. The third kappa shape index (κ3) is 3.76. The summed E-state index contributed by atoms with van der Waals surface area (Å²) in [6, 6.07) is 14.4. The van der Waals surface area contributed by atoms with Crippen LogP contribution in [0.2, 0.25) is 0 Å². The minimum Gasteiger partial charge on any atom is -0.493 e. The highest BCUT2D eigenvalue weighted by atomic mass is 16.6. The zero-order valence-corrected chi connectivity index (χ0v) is 16.7. The Morgan fingerprint density at radius 2 is 1.87 bits per heavy atom. The Labute approximate surface area is 177 Å². The standard InChI is InChI=1S/C22H18N4O5/c1-30-19-9-8-14(11-20(19)31-2)18-13-25(21-17(18)7-4-10-23-21)22(27)24-15-5-3-6-16(12-15)26(28)29/h3-13H,1-2H3,(H,24,27). The second kappa shape index (κ2) is 8.15. The van der Waals surface area contributed by atoms with E-state index in [-0.39, 0.29) is 5.69 Å². The van der Waals surface area contributed by atoms with Crippen molar-refractivity contribution in [2.24, 2.45) is 0 Å². The predicted molar refractivity (Wildman–Crippen MR) is 116 cm³/mol. The second-order valence-electron chi connectivity index (χ2n) is 6.59. The van der Waals surface area contributed by atoms with E-state index in [1.54, 1.807) is 44.8 Å². The molecule has 31 heavy (non-hydrogen) atoms. The average molecular weight is 418 g/mol. The Kier molecular flexibility index (Phi) is 5.23. The number of benzene rings is 2. The molecule has 0 atom stereocenters. The van der Waals surface area contributed by atoms with Gasteiger partial charge in [0.15, 0.2) is 11.5 Å². The molecule has 2 aromatic carbocycles. The van der Waals surface area contributed by atoms with Gasteiger partial charge in [0.05, 0.1) is 19.1 Å². The van der Waals surface area contributed by atoms with Gasteiger partial charge in [0.1, 0.15) is 5.65 Å². The van der Waals surface area contributed by atoms with Crippen LogP contribution in [0.4, 0.5) is 16.2 Å². The molecule has 4 aromatic rings. The van der Waals surface area contributed by atoms with Crippen molar-refractivity contribution in [2.45, 2.75) is 0 Å². The Balaban J connectivity index is 1.76. The van der Waals surface area contributed by atoms with Gasteiger partial charge < -0.3 is 14.8 Å². The molecule has 0 saturated carbocycles. The summed E-state index contributed by atoms with van der Waals surface area (Å²) in [5.74, 6) is 1.15. The first-order valence-corrected chi connectivity index (χ1v) is 9.26. The molecule has 2 heterocycles. The highest BCUT2D eigenvalue weighted by molar-refractivity contribution is 6.03. The lowest BCUT2D eigenvalue weighted by Crippen LogP contribution is -2.18. The van der Waals surface area contributed by atoms with Gasteiger partial charge in [-0.05, 0) is 35.9 Å². The first kappa shape index (κ1) is 19.9. The normalized spacial score (nSPS) is 10.6. The van der Waals surface area contributed by atoms with Crippen LogP contribution in [0.25, 0.3) is 22.2 Å². The van der Waals surface area contributed by atoms with Crippen molar-refractivity contribution in [3.63, 3.8) is 0 Å². The Morgan fingerprint density at radius 1 is 1.06 bits per heavy atom. The summed E-state index contributed by atoms with van der Waals surface area (Å²) in [5, 5.41) is 14.5. The molecule has 0 bridgehead atoms. The van der Waals surface area contributed by atoms with E-state index in [0.29, 0.717) is 22.8 Å². The number of aromatic nitrogens is 2. The van der Waals surface area contributed by atoms with E-state index in [2.05, 4.69) is 10.3 Å². The fraction of sp³-hybridized carbons (Fsp3) is 0.0909. The number of carbonyl (C=O) groups excluding carboxylic acids is 1. The summed E-state index contributed by atoms with van der Waals surface area (Å²) in [6.07, 6.45) is 3.27. The molecule has 0 radical (unpaired) electrons. The number of nitro groups is 1. The molecule has 0 unspecified atom stereocenters. The average Bonchev–Trinajstić information content (AvgIpc) is 3.18. The van der Waals surface area contributed by atoms with Crippen LogP contribution in [0.1, 0.15) is 0 Å². The van der Waals surface area contributed by atoms with Gasteiger partial charge >= 0.3 is 6.03 Å². The van der Waals surface area contributed by atoms with Gasteiger partial charge in [-0.3, -0.25) is 14.7 Å². The monoisotopic (exact) mass is 418 g/mol. The summed E-state index contributed by atoms with van der Waals surface area (Å²) in [7, 11) is 3.12. The van der Waals surface area contributed by atoms with Gasteiger partial charge in [0.25, 0.3) is 5.69 Å². The predicted octanol–water partition coefficient (Wildman–Crippen LogP) is 4.71. The van der Waals surface area contributed by atoms with Gasteiger partial charge in [-0.15, -0.1) is 0 Å². The van der Waals surface area contributed by atoms with Crippen molar-refractivity contribution >= 4 is 28.4 Å². The molecular formula is C22H18N4O5. The lowest BCUT2D eigenvalue weighted by atomic mass is 10.1. The number of nitro benzene ring substituents is 1. The lowest BCUT2D eigenvalue weighted by Gasteiger charge is -2.09. The quantitative estimate of drug-likeness (QED) is 0.371. The van der Waals surface area contributed by atoms with Gasteiger partial charge in [-0.1, -0.05) is 12.1 Å². The maximum absolute atomic E-state index is 13.0. The number of methoxy groups -OCH3 is 2. The van der Waals surface area contributed by atoms with E-state index in [9.17, 15) is 14.9 Å². The number of nitrogens with one attached hydrogen (secondary N) is 1. The zero-order chi connectivity index (χ0) is 22.0. The van der Waals surface area contributed by atoms with E-state index >= 15 is 0 Å². The summed E-state index contributed by atoms with van der Waals surface area (Å²) in [6.45, 7) is 0. The fourth-order valence-corrected chi connectivity index (χ4v) is 3.33. The zero-order valence-electron chi connectivity index (χ0n) is 16.7. The minimum atomic E-state index is -0.516. The van der Waals surface area contributed by atoms with Gasteiger partial charge in [-0.25, -0.2) is 9.78 Å². The summed E-state index contributed by atoms with van der Waals surface area (Å²) < 4.78 is 12.1. The van der Waals surface area contributed by atoms with Crippen molar-refractivity contribution in [1.82, 2.24) is 9.55 Å². The third-order valence-corrected chi connectivity index (χ3v) is 4.78. The first-order chi connectivity index (χ1) is 15.0. The number of hydrogen-bond acceptors (Lipinski definition) is 6. The maximum atomic E-state index is 13.0. The number of non-ortho nitro benzene ring substituents is 1. The molecule has 9 nitrogen and oxygen atoms in total. The number of ether oxygens (including phenoxy) is 2. The molecule has 9 heteroatoms. The Bertz CT molecular complexity index is 1300. The van der Waals surface area contributed by atoms with Crippen LogP contribution in [0.5, 0.6) is 11.5 Å². The Hall–Kier alpha value is -4.40. The number of amides is 1. The van der Waals surface area contributed by atoms with Crippen LogP contribution in [0, 0.1) is 10.1 Å². The van der Waals surface area contributed by atoms with E-state index in [1.165, 1.54) is 22.8 Å². The topological polar surface area (TPSA) is 109 Å². The summed E-state index contributed by atoms with van der Waals surface area (Å²) in [4.78, 5) is 27.8. The molecule has 0 aliphatic carbocycles. The molecule has 0 saturated heterocycles. The van der Waals surface area contributed by atoms with Gasteiger partial charge in [-0.2, -0.15) is 0 Å². The van der Waals surface area contributed by atoms with Crippen molar-refractivity contribution < 1.29 is 19.2 Å².